The molecule has 0 unspecified atom stereocenters. The first-order chi connectivity index (χ1) is 9.20. The summed E-state index contributed by atoms with van der Waals surface area (Å²) >= 11 is 1.98. The number of hydrogen-bond acceptors (Lipinski definition) is 3. The number of amides is 1. The summed E-state index contributed by atoms with van der Waals surface area (Å²) in [5.74, 6) is 0.344. The number of rotatable bonds is 4. The third kappa shape index (κ3) is 4.38. The fourth-order valence-corrected chi connectivity index (χ4v) is 4.08. The lowest BCUT2D eigenvalue weighted by atomic mass is 10.2. The van der Waals surface area contributed by atoms with Crippen LogP contribution in [0.15, 0.2) is 0 Å². The zero-order chi connectivity index (χ0) is 13.7. The molecule has 0 aromatic rings. The van der Waals surface area contributed by atoms with E-state index in [1.165, 1.54) is 44.9 Å². The minimum Gasteiger partial charge on any atom is -0.342 e. The molecule has 19 heavy (non-hydrogen) atoms. The number of likely N-dealkylation sites (tertiary alicyclic amines) is 1. The van der Waals surface area contributed by atoms with E-state index in [1.807, 2.05) is 11.8 Å². The number of thioether (sulfide) groups is 1. The molecular formula is C15H28N2OS. The van der Waals surface area contributed by atoms with Crippen molar-refractivity contribution in [2.75, 3.05) is 32.9 Å². The lowest BCUT2D eigenvalue weighted by Crippen LogP contribution is -2.42. The Bertz CT molecular complexity index is 290. The van der Waals surface area contributed by atoms with Gasteiger partial charge in [-0.2, -0.15) is 11.8 Å². The Balaban J connectivity index is 1.77. The van der Waals surface area contributed by atoms with Crippen molar-refractivity contribution in [3.63, 3.8) is 0 Å². The monoisotopic (exact) mass is 284 g/mol. The van der Waals surface area contributed by atoms with Crippen molar-refractivity contribution in [1.29, 1.82) is 0 Å². The minimum absolute atomic E-state index is 0.344. The van der Waals surface area contributed by atoms with E-state index in [9.17, 15) is 4.79 Å². The maximum atomic E-state index is 12.3. The van der Waals surface area contributed by atoms with Crippen LogP contribution in [-0.2, 0) is 4.79 Å². The van der Waals surface area contributed by atoms with E-state index in [1.54, 1.807) is 0 Å². The summed E-state index contributed by atoms with van der Waals surface area (Å²) in [4.78, 5) is 16.7. The first kappa shape index (κ1) is 15.2. The number of nitrogens with zero attached hydrogens (tertiary/aromatic N) is 2. The van der Waals surface area contributed by atoms with Crippen LogP contribution in [0, 0.1) is 0 Å². The molecule has 1 amide bonds. The van der Waals surface area contributed by atoms with E-state index in [4.69, 9.17) is 0 Å². The van der Waals surface area contributed by atoms with Crippen LogP contribution < -0.4 is 0 Å². The van der Waals surface area contributed by atoms with Crippen molar-refractivity contribution in [2.45, 2.75) is 56.2 Å². The largest absolute Gasteiger partial charge is 0.342 e. The molecule has 2 rings (SSSR count). The van der Waals surface area contributed by atoms with E-state index in [0.717, 1.165) is 18.3 Å². The molecule has 1 heterocycles. The average molecular weight is 284 g/mol. The van der Waals surface area contributed by atoms with Gasteiger partial charge in [-0.3, -0.25) is 9.69 Å². The molecule has 0 bridgehead atoms. The highest BCUT2D eigenvalue weighted by Gasteiger charge is 2.28. The van der Waals surface area contributed by atoms with Gasteiger partial charge in [-0.1, -0.05) is 12.8 Å². The molecule has 1 saturated carbocycles. The molecule has 2 aliphatic rings. The molecule has 1 aliphatic carbocycles. The topological polar surface area (TPSA) is 23.6 Å². The molecule has 2 atom stereocenters. The number of carbonyl (C=O) groups excluding carboxylic acids is 1. The number of carbonyl (C=O) groups is 1. The summed E-state index contributed by atoms with van der Waals surface area (Å²) in [5, 5.41) is 0.806. The van der Waals surface area contributed by atoms with Crippen LogP contribution >= 0.6 is 11.8 Å². The van der Waals surface area contributed by atoms with Gasteiger partial charge in [-0.05, 0) is 45.4 Å². The molecule has 2 fully saturated rings. The van der Waals surface area contributed by atoms with Crippen molar-refractivity contribution in [1.82, 2.24) is 9.80 Å². The molecule has 3 nitrogen and oxygen atoms in total. The van der Waals surface area contributed by atoms with E-state index in [2.05, 4.69) is 23.1 Å². The molecular weight excluding hydrogens is 256 g/mol. The van der Waals surface area contributed by atoms with E-state index in [-0.39, 0.29) is 0 Å². The second-order valence-electron chi connectivity index (χ2n) is 6.03. The summed E-state index contributed by atoms with van der Waals surface area (Å²) in [7, 11) is 2.13. The highest BCUT2D eigenvalue weighted by atomic mass is 32.2. The summed E-state index contributed by atoms with van der Waals surface area (Å²) < 4.78 is 0. The molecule has 4 heteroatoms. The third-order valence-corrected chi connectivity index (χ3v) is 5.75. The molecule has 0 radical (unpaired) electrons. The Labute approximate surface area is 122 Å². The predicted octanol–water partition coefficient (Wildman–Crippen LogP) is 2.60. The molecule has 1 saturated heterocycles. The smallest absolute Gasteiger partial charge is 0.236 e. The van der Waals surface area contributed by atoms with Crippen LogP contribution in [0.1, 0.15) is 44.9 Å². The van der Waals surface area contributed by atoms with Gasteiger partial charge >= 0.3 is 0 Å². The highest BCUT2D eigenvalue weighted by Crippen LogP contribution is 2.30. The van der Waals surface area contributed by atoms with Crippen LogP contribution in [0.5, 0.6) is 0 Å². The maximum absolute atomic E-state index is 12.3. The Kier molecular flexibility index (Phi) is 6.02. The Morgan fingerprint density at radius 1 is 1.21 bits per heavy atom. The lowest BCUT2D eigenvalue weighted by molar-refractivity contribution is -0.132. The van der Waals surface area contributed by atoms with E-state index < -0.39 is 0 Å². The fraction of sp³-hybridized carbons (Fsp3) is 0.933. The van der Waals surface area contributed by atoms with Gasteiger partial charge in [0.1, 0.15) is 0 Å². The van der Waals surface area contributed by atoms with E-state index in [0.29, 0.717) is 18.5 Å². The highest BCUT2D eigenvalue weighted by molar-refractivity contribution is 7.99. The van der Waals surface area contributed by atoms with Crippen LogP contribution in [0.25, 0.3) is 0 Å². The Morgan fingerprint density at radius 3 is 2.47 bits per heavy atom. The van der Waals surface area contributed by atoms with Crippen LogP contribution in [0.3, 0.4) is 0 Å². The molecule has 0 aromatic carbocycles. The first-order valence-electron chi connectivity index (χ1n) is 7.71. The second kappa shape index (κ2) is 7.53. The van der Waals surface area contributed by atoms with Gasteiger partial charge in [0.15, 0.2) is 0 Å². The fourth-order valence-electron chi connectivity index (χ4n) is 3.29. The average Bonchev–Trinajstić information content (AvgIpc) is 2.73. The lowest BCUT2D eigenvalue weighted by Gasteiger charge is -2.27. The summed E-state index contributed by atoms with van der Waals surface area (Å²) in [6, 6.07) is 0.619. The van der Waals surface area contributed by atoms with Crippen LogP contribution in [0.2, 0.25) is 0 Å². The van der Waals surface area contributed by atoms with Gasteiger partial charge in [-0.15, -0.1) is 0 Å². The van der Waals surface area contributed by atoms with Crippen LogP contribution in [0.4, 0.5) is 0 Å². The minimum atomic E-state index is 0.344. The standard InChI is InChI=1S/C15H28N2OS/c1-16(13-7-8-14(11-13)19-2)12-15(18)17-9-5-3-4-6-10-17/h13-14H,3-12H2,1-2H3/t13-,14-/m0/s1. The van der Waals surface area contributed by atoms with Gasteiger partial charge in [0.25, 0.3) is 0 Å². The molecule has 110 valence electrons. The molecule has 0 aromatic heterocycles. The Hall–Kier alpha value is -0.220. The number of likely N-dealkylation sites (N-methyl/N-ethyl adjacent to an activating group) is 1. The van der Waals surface area contributed by atoms with Gasteiger partial charge < -0.3 is 4.90 Å². The number of hydrogen-bond donors (Lipinski definition) is 0. The molecule has 0 spiro atoms. The Morgan fingerprint density at radius 2 is 1.89 bits per heavy atom. The second-order valence-corrected chi connectivity index (χ2v) is 7.17. The van der Waals surface area contributed by atoms with Crippen molar-refractivity contribution in [3.05, 3.63) is 0 Å². The van der Waals surface area contributed by atoms with Gasteiger partial charge in [0, 0.05) is 24.4 Å². The zero-order valence-corrected chi connectivity index (χ0v) is 13.3. The maximum Gasteiger partial charge on any atom is 0.236 e. The van der Waals surface area contributed by atoms with Crippen molar-refractivity contribution >= 4 is 17.7 Å². The predicted molar refractivity (Wildman–Crippen MR) is 82.6 cm³/mol. The van der Waals surface area contributed by atoms with Crippen molar-refractivity contribution in [2.24, 2.45) is 0 Å². The SMILES string of the molecule is CS[C@H]1CC[C@H](N(C)CC(=O)N2CCCCCC2)C1. The normalized spacial score (nSPS) is 28.7. The summed E-state index contributed by atoms with van der Waals surface area (Å²) in [6.07, 6.45) is 11.0. The van der Waals surface area contributed by atoms with Crippen molar-refractivity contribution < 1.29 is 4.79 Å². The van der Waals surface area contributed by atoms with E-state index >= 15 is 0 Å². The molecule has 1 aliphatic heterocycles. The quantitative estimate of drug-likeness (QED) is 0.793. The van der Waals surface area contributed by atoms with Crippen LogP contribution in [-0.4, -0.2) is 59.9 Å². The summed E-state index contributed by atoms with van der Waals surface area (Å²) in [6.45, 7) is 2.57. The van der Waals surface area contributed by atoms with Gasteiger partial charge in [-0.25, -0.2) is 0 Å². The zero-order valence-electron chi connectivity index (χ0n) is 12.4. The van der Waals surface area contributed by atoms with Crippen molar-refractivity contribution in [3.8, 4) is 0 Å². The van der Waals surface area contributed by atoms with Gasteiger partial charge in [0.05, 0.1) is 6.54 Å². The first-order valence-corrected chi connectivity index (χ1v) is 9.00. The summed E-state index contributed by atoms with van der Waals surface area (Å²) in [5.41, 5.74) is 0. The third-order valence-electron chi connectivity index (χ3n) is 4.66. The molecule has 0 N–H and O–H groups in total. The van der Waals surface area contributed by atoms with Gasteiger partial charge in [0.2, 0.25) is 5.91 Å².